The Morgan fingerprint density at radius 3 is 2.48 bits per heavy atom. The molecule has 2 atom stereocenters. The number of carbonyl (C=O) groups is 1. The van der Waals surface area contributed by atoms with Gasteiger partial charge in [-0.1, -0.05) is 31.5 Å². The molecular weight excluding hydrogens is 336 g/mol. The van der Waals surface area contributed by atoms with Crippen molar-refractivity contribution in [3.8, 4) is 0 Å². The van der Waals surface area contributed by atoms with E-state index in [9.17, 15) is 13.2 Å². The summed E-state index contributed by atoms with van der Waals surface area (Å²) < 4.78 is 26.1. The normalized spacial score (nSPS) is 22.4. The molecule has 7 heteroatoms. The zero-order valence-corrected chi connectivity index (χ0v) is 15.3. The van der Waals surface area contributed by atoms with E-state index in [2.05, 4.69) is 13.8 Å². The number of hydrogen-bond donors (Lipinski definition) is 0. The van der Waals surface area contributed by atoms with E-state index in [1.54, 1.807) is 17.0 Å². The molecule has 1 aromatic carbocycles. The number of piperidine rings is 1. The fourth-order valence-electron chi connectivity index (χ4n) is 3.05. The van der Waals surface area contributed by atoms with Gasteiger partial charge in [-0.15, -0.1) is 0 Å². The summed E-state index contributed by atoms with van der Waals surface area (Å²) >= 11 is 5.86. The summed E-state index contributed by atoms with van der Waals surface area (Å²) in [5.74, 6) is 0.728. The highest BCUT2D eigenvalue weighted by Gasteiger charge is 2.29. The Hall–Kier alpha value is -1.11. The molecule has 1 heterocycles. The molecule has 0 spiro atoms. The van der Waals surface area contributed by atoms with Gasteiger partial charge in [0.1, 0.15) is 0 Å². The van der Waals surface area contributed by atoms with E-state index >= 15 is 0 Å². The van der Waals surface area contributed by atoms with E-state index in [1.807, 2.05) is 0 Å². The Kier molecular flexibility index (Phi) is 5.70. The summed E-state index contributed by atoms with van der Waals surface area (Å²) in [7, 11) is -2.30. The van der Waals surface area contributed by atoms with E-state index in [4.69, 9.17) is 11.6 Å². The van der Waals surface area contributed by atoms with Crippen molar-refractivity contribution in [2.45, 2.75) is 25.2 Å². The van der Waals surface area contributed by atoms with Gasteiger partial charge in [0.05, 0.1) is 11.4 Å². The predicted molar refractivity (Wildman–Crippen MR) is 90.8 cm³/mol. The molecule has 0 aliphatic carbocycles. The maximum Gasteiger partial charge on any atom is 0.243 e. The number of benzene rings is 1. The van der Waals surface area contributed by atoms with Crippen LogP contribution < -0.4 is 0 Å². The van der Waals surface area contributed by atoms with Crippen LogP contribution in [0.4, 0.5) is 0 Å². The molecule has 5 nitrogen and oxygen atoms in total. The molecule has 0 N–H and O–H groups in total. The fourth-order valence-corrected chi connectivity index (χ4v) is 4.47. The van der Waals surface area contributed by atoms with Crippen LogP contribution in [0.5, 0.6) is 0 Å². The smallest absolute Gasteiger partial charge is 0.243 e. The third-order valence-electron chi connectivity index (χ3n) is 4.08. The molecule has 1 aromatic rings. The molecule has 1 fully saturated rings. The Balaban J connectivity index is 2.08. The van der Waals surface area contributed by atoms with Crippen molar-refractivity contribution < 1.29 is 13.2 Å². The van der Waals surface area contributed by atoms with Crippen LogP contribution in [0.25, 0.3) is 0 Å². The second-order valence-corrected chi connectivity index (χ2v) is 8.94. The lowest BCUT2D eigenvalue weighted by atomic mass is 9.92. The van der Waals surface area contributed by atoms with Gasteiger partial charge in [0.25, 0.3) is 0 Å². The first-order valence-corrected chi connectivity index (χ1v) is 9.51. The van der Waals surface area contributed by atoms with Gasteiger partial charge in [0.2, 0.25) is 15.9 Å². The van der Waals surface area contributed by atoms with E-state index in [0.717, 1.165) is 10.7 Å². The van der Waals surface area contributed by atoms with Crippen LogP contribution in [0.2, 0.25) is 5.02 Å². The SMILES string of the molecule is C[C@H]1C[C@H](C)CN(C(=O)CN(C)S(=O)(=O)c2cccc(Cl)c2)C1. The van der Waals surface area contributed by atoms with Gasteiger partial charge in [-0.25, -0.2) is 8.42 Å². The van der Waals surface area contributed by atoms with Crippen molar-refractivity contribution in [1.82, 2.24) is 9.21 Å². The number of amides is 1. The van der Waals surface area contributed by atoms with E-state index in [0.29, 0.717) is 29.9 Å². The molecule has 0 unspecified atom stereocenters. The molecule has 0 bridgehead atoms. The Morgan fingerprint density at radius 2 is 1.91 bits per heavy atom. The van der Waals surface area contributed by atoms with E-state index in [1.165, 1.54) is 19.2 Å². The van der Waals surface area contributed by atoms with Crippen molar-refractivity contribution in [3.63, 3.8) is 0 Å². The maximum absolute atomic E-state index is 12.5. The minimum absolute atomic E-state index is 0.0979. The lowest BCUT2D eigenvalue weighted by molar-refractivity contribution is -0.133. The topological polar surface area (TPSA) is 57.7 Å². The van der Waals surface area contributed by atoms with E-state index in [-0.39, 0.29) is 17.3 Å². The number of likely N-dealkylation sites (N-methyl/N-ethyl adjacent to an activating group) is 1. The molecule has 1 amide bonds. The summed E-state index contributed by atoms with van der Waals surface area (Å²) in [6.07, 6.45) is 1.10. The first-order valence-electron chi connectivity index (χ1n) is 7.70. The van der Waals surface area contributed by atoms with Crippen LogP contribution >= 0.6 is 11.6 Å². The highest BCUT2D eigenvalue weighted by Crippen LogP contribution is 2.22. The average molecular weight is 359 g/mol. The van der Waals surface area contributed by atoms with Gasteiger partial charge >= 0.3 is 0 Å². The van der Waals surface area contributed by atoms with Crippen molar-refractivity contribution in [2.24, 2.45) is 11.8 Å². The second-order valence-electron chi connectivity index (χ2n) is 6.46. The summed E-state index contributed by atoms with van der Waals surface area (Å²) in [6.45, 7) is 5.45. The quantitative estimate of drug-likeness (QED) is 0.830. The molecule has 1 saturated heterocycles. The highest BCUT2D eigenvalue weighted by molar-refractivity contribution is 7.89. The van der Waals surface area contributed by atoms with Crippen molar-refractivity contribution in [3.05, 3.63) is 29.3 Å². The van der Waals surface area contributed by atoms with Crippen LogP contribution in [-0.2, 0) is 14.8 Å². The van der Waals surface area contributed by atoms with Crippen LogP contribution in [0.1, 0.15) is 20.3 Å². The zero-order chi connectivity index (χ0) is 17.2. The summed E-state index contributed by atoms with van der Waals surface area (Å²) in [5, 5.41) is 0.351. The molecule has 0 radical (unpaired) electrons. The number of nitrogens with zero attached hydrogens (tertiary/aromatic N) is 2. The number of carbonyl (C=O) groups excluding carboxylic acids is 1. The number of halogens is 1. The zero-order valence-electron chi connectivity index (χ0n) is 13.7. The van der Waals surface area contributed by atoms with Crippen molar-refractivity contribution >= 4 is 27.5 Å². The Bertz CT molecular complexity index is 668. The monoisotopic (exact) mass is 358 g/mol. The highest BCUT2D eigenvalue weighted by atomic mass is 35.5. The lowest BCUT2D eigenvalue weighted by Gasteiger charge is -2.35. The standard InChI is InChI=1S/C16H23ClN2O3S/c1-12-7-13(2)10-19(9-12)16(20)11-18(3)23(21,22)15-6-4-5-14(17)8-15/h4-6,8,12-13H,7,9-11H2,1-3H3/t12-,13-/m0/s1. The van der Waals surface area contributed by atoms with Crippen LogP contribution in [0.3, 0.4) is 0 Å². The van der Waals surface area contributed by atoms with E-state index < -0.39 is 10.0 Å². The maximum atomic E-state index is 12.5. The number of rotatable bonds is 4. The van der Waals surface area contributed by atoms with Gasteiger partial charge in [0, 0.05) is 25.2 Å². The summed E-state index contributed by atoms with van der Waals surface area (Å²) in [4.78, 5) is 14.3. The van der Waals surface area contributed by atoms with Crippen molar-refractivity contribution in [2.75, 3.05) is 26.7 Å². The van der Waals surface area contributed by atoms with Gasteiger partial charge < -0.3 is 4.90 Å². The number of hydrogen-bond acceptors (Lipinski definition) is 3. The Labute approximate surface area is 143 Å². The van der Waals surface area contributed by atoms with Crippen LogP contribution in [0, 0.1) is 11.8 Å². The first kappa shape index (κ1) is 18.2. The largest absolute Gasteiger partial charge is 0.341 e. The number of likely N-dealkylation sites (tertiary alicyclic amines) is 1. The second kappa shape index (κ2) is 7.20. The molecule has 2 rings (SSSR count). The molecule has 0 aromatic heterocycles. The van der Waals surface area contributed by atoms with Gasteiger partial charge in [0.15, 0.2) is 0 Å². The lowest BCUT2D eigenvalue weighted by Crippen LogP contribution is -2.47. The summed E-state index contributed by atoms with van der Waals surface area (Å²) in [6, 6.07) is 6.07. The number of sulfonamides is 1. The van der Waals surface area contributed by atoms with Crippen LogP contribution in [0.15, 0.2) is 29.2 Å². The summed E-state index contributed by atoms with van der Waals surface area (Å²) in [5.41, 5.74) is 0. The first-order chi connectivity index (χ1) is 10.7. The molecular formula is C16H23ClN2O3S. The molecule has 23 heavy (non-hydrogen) atoms. The third kappa shape index (κ3) is 4.46. The molecule has 128 valence electrons. The Morgan fingerprint density at radius 1 is 1.30 bits per heavy atom. The fraction of sp³-hybridized carbons (Fsp3) is 0.562. The third-order valence-corrected chi connectivity index (χ3v) is 6.12. The predicted octanol–water partition coefficient (Wildman–Crippen LogP) is 2.47. The van der Waals surface area contributed by atoms with Gasteiger partial charge in [-0.2, -0.15) is 4.31 Å². The molecule has 0 saturated carbocycles. The van der Waals surface area contributed by atoms with Gasteiger partial charge in [-0.3, -0.25) is 4.79 Å². The average Bonchev–Trinajstić information content (AvgIpc) is 2.46. The van der Waals surface area contributed by atoms with Crippen molar-refractivity contribution in [1.29, 1.82) is 0 Å². The molecule has 1 aliphatic heterocycles. The minimum Gasteiger partial charge on any atom is -0.341 e. The van der Waals surface area contributed by atoms with Gasteiger partial charge in [-0.05, 0) is 36.5 Å². The van der Waals surface area contributed by atoms with Crippen LogP contribution in [-0.4, -0.2) is 50.2 Å². The molecule has 1 aliphatic rings. The minimum atomic E-state index is -3.72.